The molecule has 0 aromatic carbocycles. The molecular weight excluding hydrogens is 218 g/mol. The fourth-order valence-electron chi connectivity index (χ4n) is 1.44. The Balaban J connectivity index is 2.54. The summed E-state index contributed by atoms with van der Waals surface area (Å²) >= 11 is 5.16. The summed E-state index contributed by atoms with van der Waals surface area (Å²) in [5.41, 5.74) is 2.07. The summed E-state index contributed by atoms with van der Waals surface area (Å²) in [6, 6.07) is 5.77. The Morgan fingerprint density at radius 1 is 1.25 bits per heavy atom. The summed E-state index contributed by atoms with van der Waals surface area (Å²) in [6.07, 6.45) is 3.53. The van der Waals surface area contributed by atoms with Gasteiger partial charge in [0.15, 0.2) is 0 Å². The number of H-pyrrole nitrogens is 1. The maximum Gasteiger partial charge on any atom is 0.130 e. The summed E-state index contributed by atoms with van der Waals surface area (Å²) in [5, 5.41) is 0. The van der Waals surface area contributed by atoms with E-state index in [9.17, 15) is 0 Å². The van der Waals surface area contributed by atoms with Crippen molar-refractivity contribution < 1.29 is 0 Å². The molecule has 0 unspecified atom stereocenters. The zero-order chi connectivity index (χ0) is 11.5. The summed E-state index contributed by atoms with van der Waals surface area (Å²) in [4.78, 5) is 11.6. The molecule has 0 saturated heterocycles. The molecule has 0 spiro atoms. The molecule has 3 nitrogen and oxygen atoms in total. The normalized spacial score (nSPS) is 10.7. The highest BCUT2D eigenvalue weighted by atomic mass is 32.1. The van der Waals surface area contributed by atoms with E-state index in [0.717, 1.165) is 17.1 Å². The number of aromatic nitrogens is 3. The summed E-state index contributed by atoms with van der Waals surface area (Å²) in [6.45, 7) is 4.17. The van der Waals surface area contributed by atoms with E-state index in [1.807, 2.05) is 18.2 Å². The van der Waals surface area contributed by atoms with Crippen LogP contribution in [-0.2, 0) is 0 Å². The first-order valence-corrected chi connectivity index (χ1v) is 5.59. The van der Waals surface area contributed by atoms with E-state index in [-0.39, 0.29) is 0 Å². The van der Waals surface area contributed by atoms with Gasteiger partial charge in [0.25, 0.3) is 0 Å². The van der Waals surface area contributed by atoms with Crippen molar-refractivity contribution in [3.8, 4) is 11.3 Å². The average Bonchev–Trinajstić information content (AvgIpc) is 2.29. The van der Waals surface area contributed by atoms with Crippen molar-refractivity contribution >= 4 is 12.2 Å². The van der Waals surface area contributed by atoms with Crippen molar-refractivity contribution in [1.82, 2.24) is 15.0 Å². The van der Waals surface area contributed by atoms with E-state index in [2.05, 4.69) is 28.8 Å². The quantitative estimate of drug-likeness (QED) is 0.806. The van der Waals surface area contributed by atoms with Crippen LogP contribution in [0.2, 0.25) is 0 Å². The van der Waals surface area contributed by atoms with Gasteiger partial charge in [-0.05, 0) is 18.2 Å². The lowest BCUT2D eigenvalue weighted by molar-refractivity contribution is 0.773. The van der Waals surface area contributed by atoms with E-state index < -0.39 is 0 Å². The maximum atomic E-state index is 5.16. The molecule has 0 saturated carbocycles. The summed E-state index contributed by atoms with van der Waals surface area (Å²) in [5.74, 6) is 1.25. The van der Waals surface area contributed by atoms with Crippen LogP contribution in [0.4, 0.5) is 0 Å². The number of nitrogens with one attached hydrogen (secondary N) is 1. The Kier molecular flexibility index (Phi) is 3.10. The molecule has 4 heteroatoms. The number of nitrogens with zero attached hydrogens (tertiary/aromatic N) is 2. The zero-order valence-electron chi connectivity index (χ0n) is 9.27. The second-order valence-electron chi connectivity index (χ2n) is 3.91. The molecule has 0 fully saturated rings. The minimum Gasteiger partial charge on any atom is -0.343 e. The molecule has 2 aromatic heterocycles. The highest BCUT2D eigenvalue weighted by Gasteiger charge is 2.04. The predicted molar refractivity (Wildman–Crippen MR) is 66.7 cm³/mol. The number of aromatic amines is 1. The van der Waals surface area contributed by atoms with Crippen molar-refractivity contribution in [1.29, 1.82) is 0 Å². The minimum atomic E-state index is 0.337. The highest BCUT2D eigenvalue weighted by Crippen LogP contribution is 2.18. The molecule has 0 atom stereocenters. The van der Waals surface area contributed by atoms with E-state index in [0.29, 0.717) is 10.6 Å². The van der Waals surface area contributed by atoms with Gasteiger partial charge in [-0.2, -0.15) is 0 Å². The van der Waals surface area contributed by atoms with Crippen LogP contribution in [-0.4, -0.2) is 15.0 Å². The lowest BCUT2D eigenvalue weighted by atomic mass is 10.1. The molecule has 1 N–H and O–H groups in total. The molecule has 0 aliphatic rings. The van der Waals surface area contributed by atoms with E-state index in [1.165, 1.54) is 0 Å². The lowest BCUT2D eigenvalue weighted by Crippen LogP contribution is -1.99. The van der Waals surface area contributed by atoms with Gasteiger partial charge in [0.1, 0.15) is 10.5 Å². The van der Waals surface area contributed by atoms with Gasteiger partial charge >= 0.3 is 0 Å². The number of hydrogen-bond donors (Lipinski definition) is 1. The molecule has 0 aliphatic heterocycles. The molecule has 0 radical (unpaired) electrons. The Labute approximate surface area is 99.6 Å². The van der Waals surface area contributed by atoms with Gasteiger partial charge in [0.05, 0.1) is 0 Å². The Morgan fingerprint density at radius 3 is 2.56 bits per heavy atom. The zero-order valence-corrected chi connectivity index (χ0v) is 10.1. The first-order valence-electron chi connectivity index (χ1n) is 5.18. The van der Waals surface area contributed by atoms with Crippen LogP contribution in [0.25, 0.3) is 11.3 Å². The predicted octanol–water partition coefficient (Wildman–Crippen LogP) is 3.32. The molecular formula is C12H13N3S. The van der Waals surface area contributed by atoms with Crippen LogP contribution >= 0.6 is 12.2 Å². The van der Waals surface area contributed by atoms with E-state index >= 15 is 0 Å². The highest BCUT2D eigenvalue weighted by molar-refractivity contribution is 7.71. The van der Waals surface area contributed by atoms with Gasteiger partial charge < -0.3 is 4.98 Å². The largest absolute Gasteiger partial charge is 0.343 e. The van der Waals surface area contributed by atoms with Gasteiger partial charge in [-0.3, -0.25) is 4.98 Å². The molecule has 16 heavy (non-hydrogen) atoms. The van der Waals surface area contributed by atoms with Gasteiger partial charge in [-0.1, -0.05) is 26.1 Å². The summed E-state index contributed by atoms with van der Waals surface area (Å²) in [7, 11) is 0. The van der Waals surface area contributed by atoms with Crippen LogP contribution in [0.5, 0.6) is 0 Å². The molecule has 2 heterocycles. The van der Waals surface area contributed by atoms with Crippen molar-refractivity contribution in [3.63, 3.8) is 0 Å². The minimum absolute atomic E-state index is 0.337. The first kappa shape index (κ1) is 11.0. The smallest absolute Gasteiger partial charge is 0.130 e. The monoisotopic (exact) mass is 231 g/mol. The SMILES string of the molecule is CC(C)c1nc(=S)cc(-c2ccncc2)[nH]1. The molecule has 0 bridgehead atoms. The fraction of sp³-hybridized carbons (Fsp3) is 0.250. The Morgan fingerprint density at radius 2 is 1.94 bits per heavy atom. The topological polar surface area (TPSA) is 41.6 Å². The van der Waals surface area contributed by atoms with Crippen LogP contribution in [0, 0.1) is 4.64 Å². The third-order valence-electron chi connectivity index (χ3n) is 2.30. The number of rotatable bonds is 2. The van der Waals surface area contributed by atoms with Crippen molar-refractivity contribution in [2.45, 2.75) is 19.8 Å². The molecule has 82 valence electrons. The van der Waals surface area contributed by atoms with Crippen LogP contribution in [0.15, 0.2) is 30.6 Å². The lowest BCUT2D eigenvalue weighted by Gasteiger charge is -2.08. The second-order valence-corrected chi connectivity index (χ2v) is 4.33. The number of hydrogen-bond acceptors (Lipinski definition) is 3. The second kappa shape index (κ2) is 4.53. The molecule has 2 aromatic rings. The van der Waals surface area contributed by atoms with Crippen molar-refractivity contribution in [3.05, 3.63) is 41.1 Å². The fourth-order valence-corrected chi connectivity index (χ4v) is 1.65. The Hall–Kier alpha value is -1.55. The van der Waals surface area contributed by atoms with Gasteiger partial charge in [0, 0.05) is 29.6 Å². The maximum absolute atomic E-state index is 5.16. The van der Waals surface area contributed by atoms with Gasteiger partial charge in [-0.25, -0.2) is 4.98 Å². The van der Waals surface area contributed by atoms with Crippen LogP contribution in [0.3, 0.4) is 0 Å². The third kappa shape index (κ3) is 2.33. The molecule has 0 amide bonds. The molecule has 0 aliphatic carbocycles. The standard InChI is InChI=1S/C12H13N3S/c1-8(2)12-14-10(7-11(16)15-12)9-3-5-13-6-4-9/h3-8H,1-2H3,(H,14,15,16). The van der Waals surface area contributed by atoms with Crippen molar-refractivity contribution in [2.75, 3.05) is 0 Å². The van der Waals surface area contributed by atoms with E-state index in [4.69, 9.17) is 12.2 Å². The van der Waals surface area contributed by atoms with Crippen molar-refractivity contribution in [2.24, 2.45) is 0 Å². The van der Waals surface area contributed by atoms with Gasteiger partial charge in [-0.15, -0.1) is 0 Å². The molecule has 2 rings (SSSR count). The average molecular weight is 231 g/mol. The first-order chi connectivity index (χ1) is 7.66. The van der Waals surface area contributed by atoms with Gasteiger partial charge in [0.2, 0.25) is 0 Å². The third-order valence-corrected chi connectivity index (χ3v) is 2.51. The Bertz CT molecular complexity index is 531. The summed E-state index contributed by atoms with van der Waals surface area (Å²) < 4.78 is 0.620. The van der Waals surface area contributed by atoms with Crippen LogP contribution in [0.1, 0.15) is 25.6 Å². The number of pyridine rings is 1. The van der Waals surface area contributed by atoms with E-state index in [1.54, 1.807) is 12.4 Å². The van der Waals surface area contributed by atoms with Crippen LogP contribution < -0.4 is 0 Å².